The first-order valence-corrected chi connectivity index (χ1v) is 10.7. The molecule has 3 aromatic rings. The summed E-state index contributed by atoms with van der Waals surface area (Å²) >= 11 is 0. The molecule has 1 N–H and O–H groups in total. The van der Waals surface area contributed by atoms with Gasteiger partial charge in [-0.25, -0.2) is 0 Å². The fourth-order valence-electron chi connectivity index (χ4n) is 3.94. The number of amides is 2. The molecule has 9 nitrogen and oxygen atoms in total. The maximum atomic E-state index is 12.7. The largest absolute Gasteiger partial charge is 0.497 e. The van der Waals surface area contributed by atoms with E-state index in [1.54, 1.807) is 30.2 Å². The molecule has 2 aliphatic heterocycles. The number of fused-ring (bicyclic) bond motifs is 1. The molecule has 170 valence electrons. The van der Waals surface area contributed by atoms with Crippen molar-refractivity contribution in [3.63, 3.8) is 0 Å². The fourth-order valence-corrected chi connectivity index (χ4v) is 3.94. The maximum Gasteiger partial charge on any atom is 0.227 e. The van der Waals surface area contributed by atoms with Crippen LogP contribution in [0.5, 0.6) is 17.2 Å². The minimum Gasteiger partial charge on any atom is -0.497 e. The molecule has 0 aliphatic carbocycles. The number of hydrogen-bond acceptors (Lipinski definition) is 7. The molecule has 1 aromatic heterocycles. The van der Waals surface area contributed by atoms with Crippen LogP contribution < -0.4 is 24.4 Å². The van der Waals surface area contributed by atoms with Gasteiger partial charge in [-0.15, -0.1) is 0 Å². The Morgan fingerprint density at radius 2 is 1.91 bits per heavy atom. The summed E-state index contributed by atoms with van der Waals surface area (Å²) in [5.41, 5.74) is 2.14. The van der Waals surface area contributed by atoms with Gasteiger partial charge in [0.15, 0.2) is 17.3 Å². The zero-order valence-electron chi connectivity index (χ0n) is 18.1. The fraction of sp³-hybridized carbons (Fsp3) is 0.292. The molecule has 0 saturated carbocycles. The number of rotatable bonds is 6. The summed E-state index contributed by atoms with van der Waals surface area (Å²) in [4.78, 5) is 26.8. The summed E-state index contributed by atoms with van der Waals surface area (Å²) in [6, 6.07) is 14.5. The molecule has 1 unspecified atom stereocenters. The molecule has 9 heteroatoms. The minimum atomic E-state index is -0.427. The lowest BCUT2D eigenvalue weighted by Gasteiger charge is -2.18. The van der Waals surface area contributed by atoms with E-state index in [0.29, 0.717) is 48.5 Å². The molecular weight excluding hydrogens is 426 g/mol. The van der Waals surface area contributed by atoms with E-state index >= 15 is 0 Å². The van der Waals surface area contributed by atoms with Crippen molar-refractivity contribution >= 4 is 17.5 Å². The molecule has 33 heavy (non-hydrogen) atoms. The van der Waals surface area contributed by atoms with Crippen LogP contribution in [0, 0.1) is 5.92 Å². The van der Waals surface area contributed by atoms with Gasteiger partial charge in [0.25, 0.3) is 0 Å². The molecular formula is C24H23N3O6. The zero-order chi connectivity index (χ0) is 22.8. The first-order chi connectivity index (χ1) is 16.1. The molecule has 1 fully saturated rings. The summed E-state index contributed by atoms with van der Waals surface area (Å²) in [5.74, 6) is 1.94. The predicted octanol–water partition coefficient (Wildman–Crippen LogP) is 2.79. The van der Waals surface area contributed by atoms with E-state index in [2.05, 4.69) is 10.5 Å². The number of methoxy groups -OCH3 is 1. The number of anilines is 1. The Morgan fingerprint density at radius 1 is 1.12 bits per heavy atom. The SMILES string of the molecule is COc1ccc(N2CC(C(=O)NCc3cc(-c4ccc5c(c4)OCCO5)on3)CC2=O)cc1. The van der Waals surface area contributed by atoms with Gasteiger partial charge in [-0.2, -0.15) is 0 Å². The Labute approximate surface area is 190 Å². The third-order valence-electron chi connectivity index (χ3n) is 5.71. The third-order valence-corrected chi connectivity index (χ3v) is 5.71. The molecule has 1 saturated heterocycles. The molecule has 0 spiro atoms. The van der Waals surface area contributed by atoms with Gasteiger partial charge in [-0.1, -0.05) is 5.16 Å². The van der Waals surface area contributed by atoms with Gasteiger partial charge >= 0.3 is 0 Å². The van der Waals surface area contributed by atoms with E-state index in [4.69, 9.17) is 18.7 Å². The number of hydrogen-bond donors (Lipinski definition) is 1. The van der Waals surface area contributed by atoms with E-state index < -0.39 is 5.92 Å². The van der Waals surface area contributed by atoms with Crippen LogP contribution in [0.25, 0.3) is 11.3 Å². The van der Waals surface area contributed by atoms with Gasteiger partial charge in [-0.05, 0) is 42.5 Å². The highest BCUT2D eigenvalue weighted by Crippen LogP contribution is 2.34. The van der Waals surface area contributed by atoms with E-state index in [1.807, 2.05) is 30.3 Å². The average Bonchev–Trinajstić information content (AvgIpc) is 3.49. The van der Waals surface area contributed by atoms with Crippen LogP contribution >= 0.6 is 0 Å². The van der Waals surface area contributed by atoms with Crippen molar-refractivity contribution in [2.24, 2.45) is 5.92 Å². The van der Waals surface area contributed by atoms with Crippen molar-refractivity contribution in [1.82, 2.24) is 10.5 Å². The Bertz CT molecular complexity index is 1170. The molecule has 2 amide bonds. The number of carbonyl (C=O) groups excluding carboxylic acids is 2. The van der Waals surface area contributed by atoms with Gasteiger partial charge in [-0.3, -0.25) is 9.59 Å². The standard InChI is InChI=1S/C24H23N3O6/c1-30-19-5-3-18(4-6-19)27-14-16(11-23(27)28)24(29)25-13-17-12-21(33-26-17)15-2-7-20-22(10-15)32-9-8-31-20/h2-7,10,12,16H,8-9,11,13-14H2,1H3,(H,25,29). The van der Waals surface area contributed by atoms with Crippen molar-refractivity contribution in [2.75, 3.05) is 31.8 Å². The molecule has 2 aromatic carbocycles. The van der Waals surface area contributed by atoms with Crippen LogP contribution in [-0.4, -0.2) is 43.8 Å². The zero-order valence-corrected chi connectivity index (χ0v) is 18.1. The lowest BCUT2D eigenvalue weighted by Crippen LogP contribution is -2.32. The second kappa shape index (κ2) is 8.85. The molecule has 5 rings (SSSR count). The highest BCUT2D eigenvalue weighted by atomic mass is 16.6. The quantitative estimate of drug-likeness (QED) is 0.617. The highest BCUT2D eigenvalue weighted by molar-refractivity contribution is 6.00. The number of benzene rings is 2. The average molecular weight is 449 g/mol. The van der Waals surface area contributed by atoms with Crippen LogP contribution in [0.4, 0.5) is 5.69 Å². The van der Waals surface area contributed by atoms with Crippen molar-refractivity contribution in [3.05, 3.63) is 54.2 Å². The van der Waals surface area contributed by atoms with Gasteiger partial charge in [0, 0.05) is 30.3 Å². The number of nitrogens with zero attached hydrogens (tertiary/aromatic N) is 2. The van der Waals surface area contributed by atoms with Crippen LogP contribution in [0.1, 0.15) is 12.1 Å². The molecule has 3 heterocycles. The van der Waals surface area contributed by atoms with Crippen LogP contribution in [0.3, 0.4) is 0 Å². The first kappa shape index (κ1) is 20.9. The lowest BCUT2D eigenvalue weighted by atomic mass is 10.1. The summed E-state index contributed by atoms with van der Waals surface area (Å²) in [7, 11) is 1.59. The van der Waals surface area contributed by atoms with Gasteiger partial charge in [0.05, 0.1) is 19.6 Å². The van der Waals surface area contributed by atoms with E-state index in [0.717, 1.165) is 11.3 Å². The molecule has 0 bridgehead atoms. The van der Waals surface area contributed by atoms with Crippen LogP contribution in [0.15, 0.2) is 53.1 Å². The Morgan fingerprint density at radius 3 is 2.70 bits per heavy atom. The number of ether oxygens (including phenoxy) is 3. The maximum absolute atomic E-state index is 12.7. The molecule has 1 atom stereocenters. The summed E-state index contributed by atoms with van der Waals surface area (Å²) in [5, 5.41) is 6.91. The van der Waals surface area contributed by atoms with E-state index in [-0.39, 0.29) is 24.8 Å². The Kier molecular flexibility index (Phi) is 5.60. The summed E-state index contributed by atoms with van der Waals surface area (Å²) < 4.78 is 21.7. The van der Waals surface area contributed by atoms with E-state index in [9.17, 15) is 9.59 Å². The van der Waals surface area contributed by atoms with Gasteiger partial charge in [0.2, 0.25) is 11.8 Å². The summed E-state index contributed by atoms with van der Waals surface area (Å²) in [6.07, 6.45) is 0.166. The smallest absolute Gasteiger partial charge is 0.227 e. The van der Waals surface area contributed by atoms with Crippen molar-refractivity contribution in [3.8, 4) is 28.6 Å². The van der Waals surface area contributed by atoms with Gasteiger partial charge in [0.1, 0.15) is 24.7 Å². The second-order valence-corrected chi connectivity index (χ2v) is 7.86. The first-order valence-electron chi connectivity index (χ1n) is 10.7. The molecule has 2 aliphatic rings. The highest BCUT2D eigenvalue weighted by Gasteiger charge is 2.35. The van der Waals surface area contributed by atoms with Crippen LogP contribution in [0.2, 0.25) is 0 Å². The normalized spacial score (nSPS) is 17.2. The monoisotopic (exact) mass is 449 g/mol. The topological polar surface area (TPSA) is 103 Å². The van der Waals surface area contributed by atoms with Crippen LogP contribution in [-0.2, 0) is 16.1 Å². The summed E-state index contributed by atoms with van der Waals surface area (Å²) in [6.45, 7) is 1.57. The Balaban J connectivity index is 1.19. The Hall–Kier alpha value is -4.01. The predicted molar refractivity (Wildman–Crippen MR) is 118 cm³/mol. The van der Waals surface area contributed by atoms with E-state index in [1.165, 1.54) is 0 Å². The number of carbonyl (C=O) groups is 2. The number of nitrogens with one attached hydrogen (secondary N) is 1. The van der Waals surface area contributed by atoms with Crippen molar-refractivity contribution in [1.29, 1.82) is 0 Å². The molecule has 0 radical (unpaired) electrons. The lowest BCUT2D eigenvalue weighted by molar-refractivity contribution is -0.126. The van der Waals surface area contributed by atoms with Crippen molar-refractivity contribution < 1.29 is 28.3 Å². The minimum absolute atomic E-state index is 0.0809. The van der Waals surface area contributed by atoms with Crippen molar-refractivity contribution in [2.45, 2.75) is 13.0 Å². The second-order valence-electron chi connectivity index (χ2n) is 7.86. The number of aromatic nitrogens is 1. The van der Waals surface area contributed by atoms with Gasteiger partial charge < -0.3 is 29.0 Å². The third kappa shape index (κ3) is 4.34.